The van der Waals surface area contributed by atoms with Gasteiger partial charge in [0.25, 0.3) is 6.29 Å². The molecule has 2 nitrogen and oxygen atoms in total. The minimum Gasteiger partial charge on any atom is -0.375 e. The zero-order valence-electron chi connectivity index (χ0n) is 5.43. The summed E-state index contributed by atoms with van der Waals surface area (Å²) in [5.41, 5.74) is 0.588. The fraction of sp³-hybridized carbons (Fsp3) is 0.500. The molecule has 0 aromatic rings. The monoisotopic (exact) mass is 112 g/mol. The van der Waals surface area contributed by atoms with E-state index in [4.69, 9.17) is 0 Å². The Morgan fingerprint density at radius 2 is 2.12 bits per heavy atom. The molecule has 0 amide bonds. The maximum atomic E-state index is 9.94. The summed E-state index contributed by atoms with van der Waals surface area (Å²) in [6, 6.07) is 0. The van der Waals surface area contributed by atoms with Crippen LogP contribution in [-0.4, -0.2) is 25.3 Å². The van der Waals surface area contributed by atoms with Crippen LogP contribution in [0.1, 0.15) is 6.92 Å². The summed E-state index contributed by atoms with van der Waals surface area (Å²) in [4.78, 5) is 11.7. The van der Waals surface area contributed by atoms with Crippen molar-refractivity contribution in [2.24, 2.45) is 0 Å². The van der Waals surface area contributed by atoms with E-state index in [0.29, 0.717) is 5.70 Å². The van der Waals surface area contributed by atoms with E-state index in [9.17, 15) is 4.79 Å². The highest BCUT2D eigenvalue weighted by Crippen LogP contribution is 1.90. The Morgan fingerprint density at radius 3 is 2.12 bits per heavy atom. The molecule has 0 spiro atoms. The summed E-state index contributed by atoms with van der Waals surface area (Å²) < 4.78 is 0. The lowest BCUT2D eigenvalue weighted by Crippen LogP contribution is -2.11. The molecule has 0 aliphatic rings. The van der Waals surface area contributed by atoms with E-state index in [1.165, 1.54) is 0 Å². The van der Waals surface area contributed by atoms with Gasteiger partial charge in [0.1, 0.15) is 0 Å². The molecule has 0 saturated carbocycles. The normalized spacial score (nSPS) is 11.1. The zero-order chi connectivity index (χ0) is 6.57. The summed E-state index contributed by atoms with van der Waals surface area (Å²) in [6.45, 7) is 1.81. The van der Waals surface area contributed by atoms with E-state index in [1.54, 1.807) is 38.3 Å². The van der Waals surface area contributed by atoms with Crippen LogP contribution >= 0.6 is 0 Å². The molecule has 1 radical (unpaired) electrons. The lowest BCUT2D eigenvalue weighted by atomic mass is 10.4. The van der Waals surface area contributed by atoms with Crippen LogP contribution in [-0.2, 0) is 4.79 Å². The molecule has 0 fully saturated rings. The van der Waals surface area contributed by atoms with Crippen molar-refractivity contribution < 1.29 is 4.79 Å². The third kappa shape index (κ3) is 1.78. The smallest absolute Gasteiger partial charge is 0.250 e. The molecule has 0 aromatic heterocycles. The fourth-order valence-corrected chi connectivity index (χ4v) is 0.408. The third-order valence-corrected chi connectivity index (χ3v) is 0.860. The average molecular weight is 112 g/mol. The number of nitrogens with zero attached hydrogens (tertiary/aromatic N) is 1. The van der Waals surface area contributed by atoms with Crippen LogP contribution in [0.25, 0.3) is 0 Å². The average Bonchev–Trinajstić information content (AvgIpc) is 1.69. The molecule has 2 heteroatoms. The number of rotatable bonds is 2. The van der Waals surface area contributed by atoms with Gasteiger partial charge < -0.3 is 4.90 Å². The molecule has 0 aromatic carbocycles. The largest absolute Gasteiger partial charge is 0.375 e. The van der Waals surface area contributed by atoms with Gasteiger partial charge in [-0.3, -0.25) is 4.79 Å². The molecule has 8 heavy (non-hydrogen) atoms. The molecule has 0 bridgehead atoms. The van der Waals surface area contributed by atoms with Crippen molar-refractivity contribution in [3.05, 3.63) is 11.8 Å². The highest BCUT2D eigenvalue weighted by molar-refractivity contribution is 5.72. The van der Waals surface area contributed by atoms with Crippen molar-refractivity contribution in [2.75, 3.05) is 14.1 Å². The first-order valence-corrected chi connectivity index (χ1v) is 2.44. The number of hydrogen-bond acceptors (Lipinski definition) is 2. The van der Waals surface area contributed by atoms with Gasteiger partial charge in [0.05, 0.1) is 5.70 Å². The van der Waals surface area contributed by atoms with Crippen molar-refractivity contribution in [3.8, 4) is 0 Å². The van der Waals surface area contributed by atoms with Gasteiger partial charge in [0.2, 0.25) is 0 Å². The van der Waals surface area contributed by atoms with Crippen molar-refractivity contribution >= 4 is 6.29 Å². The highest BCUT2D eigenvalue weighted by atomic mass is 16.1. The van der Waals surface area contributed by atoms with Gasteiger partial charge in [-0.15, -0.1) is 0 Å². The van der Waals surface area contributed by atoms with Crippen LogP contribution in [0, 0.1) is 0 Å². The Balaban J connectivity index is 3.91. The third-order valence-electron chi connectivity index (χ3n) is 0.860. The Morgan fingerprint density at radius 1 is 1.62 bits per heavy atom. The Labute approximate surface area is 49.8 Å². The molecule has 0 heterocycles. The topological polar surface area (TPSA) is 20.3 Å². The Hall–Kier alpha value is -0.790. The SMILES string of the molecule is CC=C([C]=O)N(C)C. The van der Waals surface area contributed by atoms with E-state index >= 15 is 0 Å². The molecular weight excluding hydrogens is 102 g/mol. The standard InChI is InChI=1S/C6H10NO/c1-4-6(5-8)7(2)3/h4H,1-3H3. The van der Waals surface area contributed by atoms with Gasteiger partial charge in [-0.25, -0.2) is 0 Å². The number of carbonyl (C=O) groups excluding carboxylic acids is 1. The van der Waals surface area contributed by atoms with Crippen LogP contribution in [0.15, 0.2) is 11.8 Å². The van der Waals surface area contributed by atoms with Gasteiger partial charge in [-0.2, -0.15) is 0 Å². The minimum atomic E-state index is 0.588. The van der Waals surface area contributed by atoms with Gasteiger partial charge in [-0.1, -0.05) is 6.08 Å². The lowest BCUT2D eigenvalue weighted by molar-refractivity contribution is 0.505. The molecule has 0 aliphatic heterocycles. The first kappa shape index (κ1) is 7.21. The first-order valence-electron chi connectivity index (χ1n) is 2.44. The number of hydrogen-bond donors (Lipinski definition) is 0. The van der Waals surface area contributed by atoms with Gasteiger partial charge in [-0.05, 0) is 6.92 Å². The van der Waals surface area contributed by atoms with Crippen molar-refractivity contribution in [2.45, 2.75) is 6.92 Å². The summed E-state index contributed by atoms with van der Waals surface area (Å²) in [6.07, 6.45) is 3.50. The van der Waals surface area contributed by atoms with Crippen LogP contribution < -0.4 is 0 Å². The minimum absolute atomic E-state index is 0.588. The van der Waals surface area contributed by atoms with E-state index in [0.717, 1.165) is 0 Å². The van der Waals surface area contributed by atoms with Crippen LogP contribution in [0.4, 0.5) is 0 Å². The predicted molar refractivity (Wildman–Crippen MR) is 33.1 cm³/mol. The van der Waals surface area contributed by atoms with E-state index in [-0.39, 0.29) is 0 Å². The second-order valence-electron chi connectivity index (χ2n) is 1.67. The zero-order valence-corrected chi connectivity index (χ0v) is 5.43. The van der Waals surface area contributed by atoms with Crippen LogP contribution in [0.5, 0.6) is 0 Å². The molecule has 0 N–H and O–H groups in total. The molecule has 0 saturated heterocycles. The Bertz CT molecular complexity index is 105. The number of allylic oxidation sites excluding steroid dienone is 2. The predicted octanol–water partition coefficient (Wildman–Crippen LogP) is 0.561. The van der Waals surface area contributed by atoms with Gasteiger partial charge in [0.15, 0.2) is 0 Å². The maximum Gasteiger partial charge on any atom is 0.250 e. The second kappa shape index (κ2) is 3.24. The highest BCUT2D eigenvalue weighted by Gasteiger charge is 1.92. The summed E-state index contributed by atoms with van der Waals surface area (Å²) in [5.74, 6) is 0. The van der Waals surface area contributed by atoms with E-state index in [1.807, 2.05) is 0 Å². The van der Waals surface area contributed by atoms with E-state index < -0.39 is 0 Å². The van der Waals surface area contributed by atoms with Crippen molar-refractivity contribution in [1.29, 1.82) is 0 Å². The van der Waals surface area contributed by atoms with E-state index in [2.05, 4.69) is 0 Å². The van der Waals surface area contributed by atoms with Gasteiger partial charge >= 0.3 is 0 Å². The van der Waals surface area contributed by atoms with Crippen LogP contribution in [0.2, 0.25) is 0 Å². The van der Waals surface area contributed by atoms with Crippen molar-refractivity contribution in [1.82, 2.24) is 4.90 Å². The Kier molecular flexibility index (Phi) is 2.92. The molecular formula is C6H10NO. The van der Waals surface area contributed by atoms with Crippen LogP contribution in [0.3, 0.4) is 0 Å². The summed E-state index contributed by atoms with van der Waals surface area (Å²) in [7, 11) is 3.61. The van der Waals surface area contributed by atoms with Crippen molar-refractivity contribution in [3.63, 3.8) is 0 Å². The summed E-state index contributed by atoms with van der Waals surface area (Å²) in [5, 5.41) is 0. The number of likely N-dealkylation sites (N-methyl/N-ethyl adjacent to an activating group) is 1. The molecule has 0 atom stereocenters. The summed E-state index contributed by atoms with van der Waals surface area (Å²) >= 11 is 0. The first-order chi connectivity index (χ1) is 3.72. The molecule has 0 aliphatic carbocycles. The second-order valence-corrected chi connectivity index (χ2v) is 1.67. The fourth-order valence-electron chi connectivity index (χ4n) is 0.408. The molecule has 45 valence electrons. The lowest BCUT2D eigenvalue weighted by Gasteiger charge is -2.08. The quantitative estimate of drug-likeness (QED) is 0.486. The maximum absolute atomic E-state index is 9.94. The van der Waals surface area contributed by atoms with Gasteiger partial charge in [0, 0.05) is 14.1 Å². The molecule has 0 rings (SSSR count). The molecule has 0 unspecified atom stereocenters.